The molecule has 1 aromatic carbocycles. The van der Waals surface area contributed by atoms with Gasteiger partial charge >= 0.3 is 0 Å². The number of pyridine rings is 1. The van der Waals surface area contributed by atoms with Gasteiger partial charge in [0.2, 0.25) is 5.91 Å². The first-order valence-electron chi connectivity index (χ1n) is 8.99. The maximum Gasteiger partial charge on any atom is 0.238 e. The van der Waals surface area contributed by atoms with Crippen LogP contribution in [0.1, 0.15) is 5.56 Å². The van der Waals surface area contributed by atoms with Crippen molar-refractivity contribution in [3.8, 4) is 0 Å². The van der Waals surface area contributed by atoms with Gasteiger partial charge in [-0.15, -0.1) is 11.3 Å². The van der Waals surface area contributed by atoms with E-state index in [0.29, 0.717) is 17.4 Å². The molecule has 0 unspecified atom stereocenters. The van der Waals surface area contributed by atoms with E-state index in [-0.39, 0.29) is 5.91 Å². The van der Waals surface area contributed by atoms with Crippen LogP contribution in [0.25, 0.3) is 10.1 Å². The largest absolute Gasteiger partial charge is 0.322 e. The van der Waals surface area contributed by atoms with Gasteiger partial charge in [0.05, 0.1) is 12.2 Å². The molecule has 0 aliphatic carbocycles. The highest BCUT2D eigenvalue weighted by Gasteiger charge is 2.20. The molecule has 1 saturated heterocycles. The summed E-state index contributed by atoms with van der Waals surface area (Å²) in [4.78, 5) is 20.9. The van der Waals surface area contributed by atoms with E-state index in [2.05, 4.69) is 49.7 Å². The lowest BCUT2D eigenvalue weighted by atomic mass is 10.1. The molecule has 7 heteroatoms. The third kappa shape index (κ3) is 4.47. The van der Waals surface area contributed by atoms with Gasteiger partial charge in [-0.2, -0.15) is 0 Å². The van der Waals surface area contributed by atoms with Crippen molar-refractivity contribution in [3.63, 3.8) is 0 Å². The molecule has 0 atom stereocenters. The Morgan fingerprint density at radius 1 is 1.11 bits per heavy atom. The lowest BCUT2D eigenvalue weighted by Gasteiger charge is -2.34. The van der Waals surface area contributed by atoms with Crippen LogP contribution in [-0.2, 0) is 11.3 Å². The van der Waals surface area contributed by atoms with E-state index >= 15 is 0 Å². The van der Waals surface area contributed by atoms with E-state index in [0.717, 1.165) is 32.7 Å². The number of amides is 1. The van der Waals surface area contributed by atoms with Crippen LogP contribution in [0.2, 0.25) is 5.15 Å². The van der Waals surface area contributed by atoms with E-state index in [1.165, 1.54) is 15.6 Å². The molecule has 2 aromatic heterocycles. The van der Waals surface area contributed by atoms with Gasteiger partial charge in [-0.1, -0.05) is 29.8 Å². The van der Waals surface area contributed by atoms with E-state index in [4.69, 9.17) is 11.6 Å². The Hall–Kier alpha value is -1.99. The molecule has 1 amide bonds. The number of nitrogens with one attached hydrogen (secondary N) is 1. The Morgan fingerprint density at radius 3 is 2.70 bits per heavy atom. The minimum absolute atomic E-state index is 0.0535. The van der Waals surface area contributed by atoms with Gasteiger partial charge in [-0.3, -0.25) is 14.6 Å². The second-order valence-electron chi connectivity index (χ2n) is 6.70. The Kier molecular flexibility index (Phi) is 5.69. The summed E-state index contributed by atoms with van der Waals surface area (Å²) in [6, 6.07) is 12.1. The Balaban J connectivity index is 1.27. The van der Waals surface area contributed by atoms with Gasteiger partial charge in [0.15, 0.2) is 5.15 Å². The maximum atomic E-state index is 12.3. The molecular weight excluding hydrogens is 380 g/mol. The van der Waals surface area contributed by atoms with Crippen molar-refractivity contribution in [1.29, 1.82) is 0 Å². The molecule has 3 heterocycles. The Bertz CT molecular complexity index is 936. The lowest BCUT2D eigenvalue weighted by molar-refractivity contribution is -0.117. The maximum absolute atomic E-state index is 12.3. The molecule has 1 aliphatic rings. The number of carbonyl (C=O) groups is 1. The molecule has 0 saturated carbocycles. The van der Waals surface area contributed by atoms with E-state index in [1.54, 1.807) is 18.3 Å². The topological polar surface area (TPSA) is 48.5 Å². The Labute approximate surface area is 167 Å². The van der Waals surface area contributed by atoms with Crippen molar-refractivity contribution in [2.24, 2.45) is 0 Å². The number of nitrogens with zero attached hydrogens (tertiary/aromatic N) is 3. The normalized spacial score (nSPS) is 15.9. The van der Waals surface area contributed by atoms with Gasteiger partial charge in [0.1, 0.15) is 0 Å². The quantitative estimate of drug-likeness (QED) is 0.663. The second-order valence-corrected chi connectivity index (χ2v) is 7.97. The van der Waals surface area contributed by atoms with Gasteiger partial charge in [-0.05, 0) is 34.5 Å². The molecule has 0 radical (unpaired) electrons. The fourth-order valence-corrected chi connectivity index (χ4v) is 4.49. The van der Waals surface area contributed by atoms with Crippen LogP contribution in [0.15, 0.2) is 48.0 Å². The first-order valence-corrected chi connectivity index (χ1v) is 10.2. The number of rotatable bonds is 5. The van der Waals surface area contributed by atoms with Crippen molar-refractivity contribution in [2.75, 3.05) is 38.0 Å². The second kappa shape index (κ2) is 8.35. The molecule has 4 rings (SSSR count). The minimum atomic E-state index is -0.0535. The number of fused-ring (bicyclic) bond motifs is 1. The summed E-state index contributed by atoms with van der Waals surface area (Å²) in [7, 11) is 0. The van der Waals surface area contributed by atoms with Crippen molar-refractivity contribution in [1.82, 2.24) is 14.8 Å². The van der Waals surface area contributed by atoms with E-state index in [9.17, 15) is 4.79 Å². The minimum Gasteiger partial charge on any atom is -0.322 e. The number of carbonyl (C=O) groups excluding carboxylic acids is 1. The van der Waals surface area contributed by atoms with Crippen LogP contribution in [0.5, 0.6) is 0 Å². The predicted octanol–water partition coefficient (Wildman–Crippen LogP) is 3.71. The summed E-state index contributed by atoms with van der Waals surface area (Å²) in [6.45, 7) is 5.04. The molecule has 0 spiro atoms. The summed E-state index contributed by atoms with van der Waals surface area (Å²) in [5, 5.41) is 6.78. The summed E-state index contributed by atoms with van der Waals surface area (Å²) in [6.07, 6.45) is 1.61. The van der Waals surface area contributed by atoms with Crippen LogP contribution < -0.4 is 5.32 Å². The number of benzene rings is 1. The highest BCUT2D eigenvalue weighted by molar-refractivity contribution is 7.17. The highest BCUT2D eigenvalue weighted by Crippen LogP contribution is 2.27. The fraction of sp³-hybridized carbons (Fsp3) is 0.300. The average molecular weight is 401 g/mol. The van der Waals surface area contributed by atoms with Crippen molar-refractivity contribution in [2.45, 2.75) is 6.54 Å². The third-order valence-corrected chi connectivity index (χ3v) is 6.13. The van der Waals surface area contributed by atoms with E-state index < -0.39 is 0 Å². The van der Waals surface area contributed by atoms with Crippen LogP contribution in [0.3, 0.4) is 0 Å². The number of hydrogen-bond acceptors (Lipinski definition) is 5. The number of halogens is 1. The zero-order valence-corrected chi connectivity index (χ0v) is 16.5. The van der Waals surface area contributed by atoms with Crippen molar-refractivity contribution < 1.29 is 4.79 Å². The van der Waals surface area contributed by atoms with Gasteiger partial charge in [-0.25, -0.2) is 4.98 Å². The Morgan fingerprint density at radius 2 is 1.89 bits per heavy atom. The van der Waals surface area contributed by atoms with Gasteiger partial charge in [0.25, 0.3) is 0 Å². The fourth-order valence-electron chi connectivity index (χ4n) is 3.37. The predicted molar refractivity (Wildman–Crippen MR) is 111 cm³/mol. The molecule has 1 fully saturated rings. The monoisotopic (exact) mass is 400 g/mol. The molecule has 5 nitrogen and oxygen atoms in total. The summed E-state index contributed by atoms with van der Waals surface area (Å²) in [5.74, 6) is -0.0535. The molecular formula is C20H21ClN4OS. The standard InChI is InChI=1S/C20H21ClN4OS/c21-20-17(5-3-7-22-20)23-19(26)13-25-10-8-24(9-11-25)12-15-14-27-18-6-2-1-4-16(15)18/h1-7,14H,8-13H2,(H,23,26). The van der Waals surface area contributed by atoms with E-state index in [1.807, 2.05) is 11.3 Å². The van der Waals surface area contributed by atoms with Crippen LogP contribution in [-0.4, -0.2) is 53.4 Å². The number of thiophene rings is 1. The lowest BCUT2D eigenvalue weighted by Crippen LogP contribution is -2.48. The zero-order valence-electron chi connectivity index (χ0n) is 14.9. The van der Waals surface area contributed by atoms with Crippen LogP contribution in [0, 0.1) is 0 Å². The third-order valence-electron chi connectivity index (χ3n) is 4.82. The highest BCUT2D eigenvalue weighted by atomic mass is 35.5. The molecule has 3 aromatic rings. The zero-order chi connectivity index (χ0) is 18.6. The van der Waals surface area contributed by atoms with Crippen molar-refractivity contribution >= 4 is 44.6 Å². The van der Waals surface area contributed by atoms with Gasteiger partial charge in [0, 0.05) is 43.6 Å². The van der Waals surface area contributed by atoms with Crippen LogP contribution in [0.4, 0.5) is 5.69 Å². The number of piperazine rings is 1. The van der Waals surface area contributed by atoms with Crippen LogP contribution >= 0.6 is 22.9 Å². The number of anilines is 1. The number of aromatic nitrogens is 1. The summed E-state index contributed by atoms with van der Waals surface area (Å²) < 4.78 is 1.34. The molecule has 1 N–H and O–H groups in total. The first kappa shape index (κ1) is 18.4. The smallest absolute Gasteiger partial charge is 0.238 e. The summed E-state index contributed by atoms with van der Waals surface area (Å²) >= 11 is 7.80. The summed E-state index contributed by atoms with van der Waals surface area (Å²) in [5.41, 5.74) is 1.96. The molecule has 1 aliphatic heterocycles. The van der Waals surface area contributed by atoms with Gasteiger partial charge < -0.3 is 5.32 Å². The molecule has 0 bridgehead atoms. The number of hydrogen-bond donors (Lipinski definition) is 1. The SMILES string of the molecule is O=C(CN1CCN(Cc2csc3ccccc23)CC1)Nc1cccnc1Cl. The molecule has 27 heavy (non-hydrogen) atoms. The first-order chi connectivity index (χ1) is 13.2. The van der Waals surface area contributed by atoms with Crippen molar-refractivity contribution in [3.05, 3.63) is 58.7 Å². The molecule has 140 valence electrons. The average Bonchev–Trinajstić information content (AvgIpc) is 3.08.